The minimum atomic E-state index is 0.599. The molecule has 0 radical (unpaired) electrons. The molecule has 1 fully saturated rings. The first kappa shape index (κ1) is 14.1. The molecule has 0 aliphatic carbocycles. The summed E-state index contributed by atoms with van der Waals surface area (Å²) in [7, 11) is 0. The van der Waals surface area contributed by atoms with Gasteiger partial charge >= 0.3 is 0 Å². The molecule has 0 unspecified atom stereocenters. The van der Waals surface area contributed by atoms with E-state index in [4.69, 9.17) is 0 Å². The van der Waals surface area contributed by atoms with Gasteiger partial charge in [0.2, 0.25) is 0 Å². The number of piperidine rings is 1. The van der Waals surface area contributed by atoms with E-state index in [9.17, 15) is 0 Å². The van der Waals surface area contributed by atoms with Gasteiger partial charge in [0.15, 0.2) is 0 Å². The summed E-state index contributed by atoms with van der Waals surface area (Å²) in [5.41, 5.74) is 3.91. The molecule has 1 saturated heterocycles. The van der Waals surface area contributed by atoms with Crippen LogP contribution in [0.3, 0.4) is 0 Å². The fourth-order valence-electron chi connectivity index (χ4n) is 2.87. The van der Waals surface area contributed by atoms with E-state index in [2.05, 4.69) is 58.5 Å². The van der Waals surface area contributed by atoms with Crippen molar-refractivity contribution in [3.63, 3.8) is 0 Å². The zero-order valence-corrected chi connectivity index (χ0v) is 12.6. The molecule has 0 amide bonds. The fourth-order valence-corrected chi connectivity index (χ4v) is 2.87. The zero-order valence-electron chi connectivity index (χ0n) is 12.6. The average Bonchev–Trinajstić information content (AvgIpc) is 2.53. The molecule has 0 bridgehead atoms. The summed E-state index contributed by atoms with van der Waals surface area (Å²) in [6.45, 7) is 5.48. The van der Waals surface area contributed by atoms with Gasteiger partial charge in [0.25, 0.3) is 0 Å². The second kappa shape index (κ2) is 6.72. The average molecular weight is 281 g/mol. The molecular formula is C18H23N3. The molecule has 0 spiro atoms. The molecule has 1 aliphatic heterocycles. The number of pyridine rings is 1. The summed E-state index contributed by atoms with van der Waals surface area (Å²) in [6.07, 6.45) is 6.17. The topological polar surface area (TPSA) is 28.2 Å². The summed E-state index contributed by atoms with van der Waals surface area (Å²) in [5, 5.41) is 3.66. The van der Waals surface area contributed by atoms with Gasteiger partial charge in [0.1, 0.15) is 0 Å². The van der Waals surface area contributed by atoms with Crippen molar-refractivity contribution >= 4 is 5.69 Å². The van der Waals surface area contributed by atoms with Gasteiger partial charge in [-0.25, -0.2) is 0 Å². The number of aromatic nitrogens is 1. The third kappa shape index (κ3) is 4.05. The lowest BCUT2D eigenvalue weighted by Gasteiger charge is -2.32. The molecule has 2 aromatic rings. The number of nitrogens with zero attached hydrogens (tertiary/aromatic N) is 2. The minimum absolute atomic E-state index is 0.599. The van der Waals surface area contributed by atoms with Gasteiger partial charge in [-0.15, -0.1) is 0 Å². The third-order valence-corrected chi connectivity index (χ3v) is 4.17. The first-order chi connectivity index (χ1) is 10.3. The molecule has 1 aromatic heterocycles. The molecule has 0 atom stereocenters. The van der Waals surface area contributed by atoms with E-state index in [0.717, 1.165) is 19.6 Å². The normalized spacial score (nSPS) is 16.8. The van der Waals surface area contributed by atoms with Crippen LogP contribution in [0.5, 0.6) is 0 Å². The van der Waals surface area contributed by atoms with Crippen LogP contribution in [-0.2, 0) is 6.54 Å². The smallest absolute Gasteiger partial charge is 0.0342 e. The van der Waals surface area contributed by atoms with Crippen LogP contribution in [0.25, 0.3) is 0 Å². The number of hydrogen-bond donors (Lipinski definition) is 1. The van der Waals surface area contributed by atoms with Crippen molar-refractivity contribution in [3.8, 4) is 0 Å². The number of rotatable bonds is 4. The molecular weight excluding hydrogens is 258 g/mol. The van der Waals surface area contributed by atoms with Crippen molar-refractivity contribution in [2.24, 2.45) is 0 Å². The van der Waals surface area contributed by atoms with E-state index in [0.29, 0.717) is 6.04 Å². The lowest BCUT2D eigenvalue weighted by Crippen LogP contribution is -2.38. The van der Waals surface area contributed by atoms with Gasteiger partial charge in [-0.3, -0.25) is 9.88 Å². The first-order valence-corrected chi connectivity index (χ1v) is 7.74. The third-order valence-electron chi connectivity index (χ3n) is 4.17. The summed E-state index contributed by atoms with van der Waals surface area (Å²) >= 11 is 0. The Morgan fingerprint density at radius 3 is 2.38 bits per heavy atom. The van der Waals surface area contributed by atoms with Crippen LogP contribution in [0, 0.1) is 6.92 Å². The summed E-state index contributed by atoms with van der Waals surface area (Å²) in [4.78, 5) is 6.61. The van der Waals surface area contributed by atoms with E-state index in [1.807, 2.05) is 12.4 Å². The van der Waals surface area contributed by atoms with Crippen molar-refractivity contribution in [2.75, 3.05) is 18.4 Å². The highest BCUT2D eigenvalue weighted by Gasteiger charge is 2.18. The maximum Gasteiger partial charge on any atom is 0.0342 e. The Balaban J connectivity index is 1.47. The van der Waals surface area contributed by atoms with E-state index >= 15 is 0 Å². The van der Waals surface area contributed by atoms with Crippen molar-refractivity contribution in [2.45, 2.75) is 32.4 Å². The van der Waals surface area contributed by atoms with Crippen LogP contribution < -0.4 is 5.32 Å². The van der Waals surface area contributed by atoms with Crippen molar-refractivity contribution in [3.05, 3.63) is 59.9 Å². The Labute approximate surface area is 127 Å². The van der Waals surface area contributed by atoms with Crippen LogP contribution >= 0.6 is 0 Å². The van der Waals surface area contributed by atoms with Gasteiger partial charge in [0, 0.05) is 43.8 Å². The highest BCUT2D eigenvalue weighted by Crippen LogP contribution is 2.18. The first-order valence-electron chi connectivity index (χ1n) is 7.74. The Kier molecular flexibility index (Phi) is 4.51. The Morgan fingerprint density at radius 2 is 1.71 bits per heavy atom. The number of benzene rings is 1. The SMILES string of the molecule is Cc1ccc(NC2CCN(Cc3ccncc3)CC2)cc1. The second-order valence-electron chi connectivity index (χ2n) is 5.92. The van der Waals surface area contributed by atoms with E-state index < -0.39 is 0 Å². The van der Waals surface area contributed by atoms with Crippen LogP contribution in [0.2, 0.25) is 0 Å². The van der Waals surface area contributed by atoms with Crippen LogP contribution in [0.15, 0.2) is 48.8 Å². The van der Waals surface area contributed by atoms with Gasteiger partial charge in [-0.2, -0.15) is 0 Å². The van der Waals surface area contributed by atoms with Crippen molar-refractivity contribution in [1.82, 2.24) is 9.88 Å². The monoisotopic (exact) mass is 281 g/mol. The molecule has 21 heavy (non-hydrogen) atoms. The lowest BCUT2D eigenvalue weighted by molar-refractivity contribution is 0.211. The Hall–Kier alpha value is -1.87. The standard InChI is InChI=1S/C18H23N3/c1-15-2-4-17(5-3-15)20-18-8-12-21(13-9-18)14-16-6-10-19-11-7-16/h2-7,10-11,18,20H,8-9,12-14H2,1H3. The van der Waals surface area contributed by atoms with Crippen LogP contribution in [-0.4, -0.2) is 29.0 Å². The maximum absolute atomic E-state index is 4.07. The van der Waals surface area contributed by atoms with Gasteiger partial charge in [0.05, 0.1) is 0 Å². The quantitative estimate of drug-likeness (QED) is 0.930. The van der Waals surface area contributed by atoms with Gasteiger partial charge in [-0.1, -0.05) is 17.7 Å². The molecule has 3 rings (SSSR count). The van der Waals surface area contributed by atoms with Crippen molar-refractivity contribution in [1.29, 1.82) is 0 Å². The molecule has 3 heteroatoms. The molecule has 2 heterocycles. The maximum atomic E-state index is 4.07. The molecule has 1 aromatic carbocycles. The van der Waals surface area contributed by atoms with E-state index in [-0.39, 0.29) is 0 Å². The minimum Gasteiger partial charge on any atom is -0.382 e. The number of likely N-dealkylation sites (tertiary alicyclic amines) is 1. The number of nitrogens with one attached hydrogen (secondary N) is 1. The van der Waals surface area contributed by atoms with Gasteiger partial charge < -0.3 is 5.32 Å². The molecule has 1 N–H and O–H groups in total. The van der Waals surface area contributed by atoms with E-state index in [1.54, 1.807) is 0 Å². The summed E-state index contributed by atoms with van der Waals surface area (Å²) in [6, 6.07) is 13.5. The van der Waals surface area contributed by atoms with Crippen molar-refractivity contribution < 1.29 is 0 Å². The predicted octanol–water partition coefficient (Wildman–Crippen LogP) is 3.47. The largest absolute Gasteiger partial charge is 0.382 e. The molecule has 110 valence electrons. The van der Waals surface area contributed by atoms with Crippen LogP contribution in [0.1, 0.15) is 24.0 Å². The van der Waals surface area contributed by atoms with Crippen LogP contribution in [0.4, 0.5) is 5.69 Å². The molecule has 0 saturated carbocycles. The number of hydrogen-bond acceptors (Lipinski definition) is 3. The highest BCUT2D eigenvalue weighted by molar-refractivity contribution is 5.45. The number of aryl methyl sites for hydroxylation is 1. The molecule has 3 nitrogen and oxygen atoms in total. The van der Waals surface area contributed by atoms with Gasteiger partial charge in [-0.05, 0) is 49.6 Å². The number of anilines is 1. The lowest BCUT2D eigenvalue weighted by atomic mass is 10.0. The predicted molar refractivity (Wildman–Crippen MR) is 87.3 cm³/mol. The van der Waals surface area contributed by atoms with E-state index in [1.165, 1.54) is 29.7 Å². The second-order valence-corrected chi connectivity index (χ2v) is 5.92. The highest BCUT2D eigenvalue weighted by atomic mass is 15.1. The Bertz CT molecular complexity index is 542. The summed E-state index contributed by atoms with van der Waals surface area (Å²) < 4.78 is 0. The summed E-state index contributed by atoms with van der Waals surface area (Å²) in [5.74, 6) is 0. The zero-order chi connectivity index (χ0) is 14.5. The molecule has 1 aliphatic rings. The fraction of sp³-hybridized carbons (Fsp3) is 0.389. The Morgan fingerprint density at radius 1 is 1.05 bits per heavy atom.